The van der Waals surface area contributed by atoms with Gasteiger partial charge in [0, 0.05) is 120 Å². The van der Waals surface area contributed by atoms with Crippen molar-refractivity contribution in [2.75, 3.05) is 0 Å². The van der Waals surface area contributed by atoms with Gasteiger partial charge in [0.2, 0.25) is 0 Å². The zero-order valence-corrected chi connectivity index (χ0v) is 70.4. The van der Waals surface area contributed by atoms with Crippen LogP contribution in [0, 0.1) is 0 Å². The first kappa shape index (κ1) is 74.6. The molecule has 9 heteroatoms. The molecule has 0 saturated heterocycles. The van der Waals surface area contributed by atoms with Crippen molar-refractivity contribution in [2.45, 2.75) is 77.0 Å². The molecule has 4 aliphatic rings. The Labute approximate surface area is 721 Å². The van der Waals surface area contributed by atoms with Gasteiger partial charge >= 0.3 is 0 Å². The van der Waals surface area contributed by atoms with Crippen LogP contribution >= 0.6 is 11.3 Å². The molecule has 0 radical (unpaired) electrons. The van der Waals surface area contributed by atoms with Gasteiger partial charge in [-0.3, -0.25) is 0 Å². The van der Waals surface area contributed by atoms with E-state index >= 15 is 0 Å². The molecule has 586 valence electrons. The Bertz CT molecular complexity index is 6980. The van der Waals surface area contributed by atoms with E-state index in [1.165, 1.54) is 110 Å². The van der Waals surface area contributed by atoms with Gasteiger partial charge in [-0.15, -0.1) is 11.3 Å². The van der Waals surface area contributed by atoms with Crippen LogP contribution in [-0.4, -0.2) is 39.9 Å². The highest BCUT2D eigenvalue weighted by atomic mass is 32.1. The molecule has 19 aromatic rings. The summed E-state index contributed by atoms with van der Waals surface area (Å²) in [7, 11) is 0. The molecule has 0 fully saturated rings. The van der Waals surface area contributed by atoms with Gasteiger partial charge in [-0.05, 0) is 78.5 Å². The number of aromatic nitrogens is 8. The van der Waals surface area contributed by atoms with Gasteiger partial charge in [-0.25, -0.2) is 39.9 Å². The average Bonchev–Trinajstić information content (AvgIpc) is 1.58. The van der Waals surface area contributed by atoms with Crippen LogP contribution in [0.25, 0.3) is 190 Å². The van der Waals surface area contributed by atoms with Crippen molar-refractivity contribution < 1.29 is 0 Å². The highest BCUT2D eigenvalue weighted by Gasteiger charge is 2.45. The molecule has 14 aromatic carbocycles. The first-order valence-corrected chi connectivity index (χ1v) is 43.2. The maximum atomic E-state index is 5.32. The molecular weight excluding hydrogens is 1510 g/mol. The summed E-state index contributed by atoms with van der Waals surface area (Å²) in [6, 6.07) is 130. The van der Waals surface area contributed by atoms with Crippen molar-refractivity contribution in [2.24, 2.45) is 0 Å². The molecule has 0 atom stereocenters. The number of nitrogens with zero attached hydrogens (tertiary/aromatic N) is 8. The highest BCUT2D eigenvalue weighted by Crippen LogP contribution is 2.57. The summed E-state index contributed by atoms with van der Waals surface area (Å²) < 4.78 is 0. The highest BCUT2D eigenvalue weighted by molar-refractivity contribution is 7.18. The molecule has 0 aliphatic heterocycles. The van der Waals surface area contributed by atoms with Gasteiger partial charge in [0.25, 0.3) is 0 Å². The smallest absolute Gasteiger partial charge is 0.160 e. The van der Waals surface area contributed by atoms with E-state index in [1.807, 2.05) is 59.9 Å². The Morgan fingerprint density at radius 3 is 0.618 bits per heavy atom. The normalized spacial score (nSPS) is 14.0. The fourth-order valence-electron chi connectivity index (χ4n) is 19.8. The second-order valence-electron chi connectivity index (χ2n) is 34.8. The van der Waals surface area contributed by atoms with Crippen LogP contribution in [0.2, 0.25) is 0 Å². The molecule has 0 unspecified atom stereocenters. The van der Waals surface area contributed by atoms with Gasteiger partial charge in [-0.2, -0.15) is 0 Å². The number of hydrogen-bond donors (Lipinski definition) is 0. The lowest BCUT2D eigenvalue weighted by Crippen LogP contribution is -2.17. The molecule has 4 aliphatic carbocycles. The van der Waals surface area contributed by atoms with Crippen LogP contribution in [0.4, 0.5) is 0 Å². The molecule has 8 nitrogen and oxygen atoms in total. The molecule has 5 aromatic heterocycles. The lowest BCUT2D eigenvalue weighted by Gasteiger charge is -2.24. The van der Waals surface area contributed by atoms with Gasteiger partial charge < -0.3 is 0 Å². The van der Waals surface area contributed by atoms with Crippen LogP contribution in [0.3, 0.4) is 0 Å². The Hall–Kier alpha value is -14.6. The second-order valence-corrected chi connectivity index (χ2v) is 35.9. The molecule has 0 amide bonds. The monoisotopic (exact) mass is 1600 g/mol. The maximum Gasteiger partial charge on any atom is 0.160 e. The van der Waals surface area contributed by atoms with Crippen molar-refractivity contribution >= 4 is 22.1 Å². The summed E-state index contributed by atoms with van der Waals surface area (Å²) in [6.07, 6.45) is 0. The predicted molar refractivity (Wildman–Crippen MR) is 506 cm³/mol. The van der Waals surface area contributed by atoms with Crippen LogP contribution in [0.1, 0.15) is 99.9 Å². The fourth-order valence-corrected chi connectivity index (χ4v) is 20.8. The predicted octanol–water partition coefficient (Wildman–Crippen LogP) is 29.0. The molecule has 0 bridgehead atoms. The molecular formula is C114H84N8S. The topological polar surface area (TPSA) is 103 Å². The Morgan fingerprint density at radius 2 is 0.366 bits per heavy atom. The van der Waals surface area contributed by atoms with E-state index in [2.05, 4.69) is 371 Å². The zero-order chi connectivity index (χ0) is 83.0. The maximum absolute atomic E-state index is 5.32. The average molecular weight is 1600 g/mol. The summed E-state index contributed by atoms with van der Waals surface area (Å²) in [4.78, 5) is 44.5. The van der Waals surface area contributed by atoms with E-state index in [4.69, 9.17) is 39.9 Å². The first-order chi connectivity index (χ1) is 60.0. The molecule has 123 heavy (non-hydrogen) atoms. The largest absolute Gasteiger partial charge is 0.228 e. The van der Waals surface area contributed by atoms with Gasteiger partial charge in [0.1, 0.15) is 0 Å². The van der Waals surface area contributed by atoms with E-state index in [0.717, 1.165) is 124 Å². The second kappa shape index (κ2) is 29.1. The lowest BCUT2D eigenvalue weighted by molar-refractivity contribution is 0.657. The number of fused-ring (bicyclic) bond motifs is 13. The third-order valence-electron chi connectivity index (χ3n) is 26.0. The quantitative estimate of drug-likeness (QED) is 0.119. The SMILES string of the molecule is CC1(C)c2ccccc2-c2nc(-c3ccccc3)nc(-c3ccc(-c4ccc(-c5ccc(-c6nc(-c7ccccc7)nc7c6C(C)(C)c6ccccc6-7)cc5)c5ccccc45)cc3)c21.CC1(C)c2ccccc2-c2nc(-c3ccccc3)nc(-c3ccc(-c4ccc(-c5ccc(-c6nc(-c7ccccc7)nc7c6C(C)(C)c6ccccc6-7)cc5)s4)cc3)c21. The zero-order valence-electron chi connectivity index (χ0n) is 69.6. The lowest BCUT2D eigenvalue weighted by atomic mass is 9.80. The van der Waals surface area contributed by atoms with Crippen LogP contribution in [0.5, 0.6) is 0 Å². The Kier molecular flexibility index (Phi) is 17.6. The van der Waals surface area contributed by atoms with E-state index in [0.29, 0.717) is 0 Å². The van der Waals surface area contributed by atoms with Crippen LogP contribution in [0.15, 0.2) is 364 Å². The van der Waals surface area contributed by atoms with Crippen LogP contribution in [-0.2, 0) is 21.7 Å². The third-order valence-corrected chi connectivity index (χ3v) is 27.2. The molecule has 0 N–H and O–H groups in total. The van der Waals surface area contributed by atoms with Crippen molar-refractivity contribution in [3.05, 3.63) is 408 Å². The van der Waals surface area contributed by atoms with Crippen LogP contribution < -0.4 is 0 Å². The summed E-state index contributed by atoms with van der Waals surface area (Å²) in [6.45, 7) is 18.4. The summed E-state index contributed by atoms with van der Waals surface area (Å²) in [5.41, 5.74) is 37.2. The first-order valence-electron chi connectivity index (χ1n) is 42.4. The minimum Gasteiger partial charge on any atom is -0.228 e. The number of rotatable bonds is 12. The van der Waals surface area contributed by atoms with Gasteiger partial charge in [0.15, 0.2) is 23.3 Å². The number of thiophene rings is 1. The van der Waals surface area contributed by atoms with Crippen molar-refractivity contribution in [3.8, 4) is 179 Å². The van der Waals surface area contributed by atoms with E-state index < -0.39 is 0 Å². The minimum atomic E-state index is -0.248. The fraction of sp³-hybridized carbons (Fsp3) is 0.105. The standard InChI is InChI=1S/C60H44N4.C54H40N4S/c1-59(2)49-25-15-13-23-47(49)55-51(59)53(61-57(63-55)41-17-7-5-8-18-41)39-31-27-37(28-32-39)43-35-36-44(46-22-12-11-21-45(43)46)38-29-33-40(34-30-38)54-52-56(48-24-14-16-26-50(48)60(52,3)4)64-58(62-54)42-19-9-6-10-20-42;1-53(2)41-21-13-11-19-39(41)49-45(53)47(55-51(57-49)37-15-7-5-8-16-37)35-27-23-33(24-28-35)43-31-32-44(59-43)34-25-29-36(30-26-34)48-46-50(40-20-12-14-22-42(40)54(46,3)4)58-52(56-48)38-17-9-6-10-18-38/h5-36H,1-4H3;5-32H,1-4H3. The number of hydrogen-bond acceptors (Lipinski definition) is 9. The summed E-state index contributed by atoms with van der Waals surface area (Å²) >= 11 is 1.81. The number of benzene rings is 14. The summed E-state index contributed by atoms with van der Waals surface area (Å²) in [5, 5.41) is 2.42. The third kappa shape index (κ3) is 12.4. The molecule has 23 rings (SSSR count). The van der Waals surface area contributed by atoms with Gasteiger partial charge in [0.05, 0.1) is 45.6 Å². The Morgan fingerprint density at radius 1 is 0.163 bits per heavy atom. The van der Waals surface area contributed by atoms with Crippen molar-refractivity contribution in [1.82, 2.24) is 39.9 Å². The van der Waals surface area contributed by atoms with E-state index in [-0.39, 0.29) is 21.7 Å². The minimum absolute atomic E-state index is 0.230. The van der Waals surface area contributed by atoms with E-state index in [9.17, 15) is 0 Å². The molecule has 5 heterocycles. The van der Waals surface area contributed by atoms with E-state index in [1.54, 1.807) is 0 Å². The molecule has 0 spiro atoms. The Balaban J connectivity index is 0.000000147. The van der Waals surface area contributed by atoms with Crippen molar-refractivity contribution in [1.29, 1.82) is 0 Å². The van der Waals surface area contributed by atoms with Gasteiger partial charge in [-0.1, -0.05) is 407 Å². The molecule has 0 saturated carbocycles. The van der Waals surface area contributed by atoms with Crippen molar-refractivity contribution in [3.63, 3.8) is 0 Å². The summed E-state index contributed by atoms with van der Waals surface area (Å²) in [5.74, 6) is 2.99.